The summed E-state index contributed by atoms with van der Waals surface area (Å²) >= 11 is 0. The molecule has 0 atom stereocenters. The number of nitrogens with one attached hydrogen (secondary N) is 2. The van der Waals surface area contributed by atoms with Crippen molar-refractivity contribution in [1.29, 1.82) is 5.41 Å². The molecule has 3 aromatic heterocycles. The van der Waals surface area contributed by atoms with E-state index in [0.717, 1.165) is 43.3 Å². The average molecular weight is 403 g/mol. The van der Waals surface area contributed by atoms with Gasteiger partial charge >= 0.3 is 0 Å². The molecule has 0 radical (unpaired) electrons. The third-order valence-electron chi connectivity index (χ3n) is 6.00. The molecule has 3 aromatic rings. The van der Waals surface area contributed by atoms with Gasteiger partial charge in [-0.1, -0.05) is 6.07 Å². The van der Waals surface area contributed by atoms with Crippen LogP contribution in [0, 0.1) is 5.41 Å². The second kappa shape index (κ2) is 7.21. The number of aryl methyl sites for hydroxylation is 1. The smallest absolute Gasteiger partial charge is 0.129 e. The lowest BCUT2D eigenvalue weighted by Crippen LogP contribution is -2.52. The van der Waals surface area contributed by atoms with Gasteiger partial charge in [-0.15, -0.1) is 0 Å². The summed E-state index contributed by atoms with van der Waals surface area (Å²) in [5.74, 6) is 0.919. The van der Waals surface area contributed by atoms with Crippen LogP contribution in [0.25, 0.3) is 11.3 Å². The van der Waals surface area contributed by atoms with Crippen LogP contribution < -0.4 is 16.0 Å². The molecule has 1 saturated carbocycles. The monoisotopic (exact) mass is 402 g/mol. The highest BCUT2D eigenvalue weighted by molar-refractivity contribution is 6.13. The Morgan fingerprint density at radius 1 is 1.30 bits per heavy atom. The first-order valence-corrected chi connectivity index (χ1v) is 10.4. The van der Waals surface area contributed by atoms with Crippen LogP contribution in [0.3, 0.4) is 0 Å². The fraction of sp³-hybridized carbons (Fsp3) is 0.364. The number of aromatic nitrogens is 4. The summed E-state index contributed by atoms with van der Waals surface area (Å²) in [4.78, 5) is 11.6. The molecule has 0 aromatic carbocycles. The largest absolute Gasteiger partial charge is 0.397 e. The summed E-state index contributed by atoms with van der Waals surface area (Å²) in [5, 5.41) is 16.7. The molecule has 8 heteroatoms. The molecule has 0 unspecified atom stereocenters. The number of hydrogen-bond donors (Lipinski definition) is 3. The first-order chi connectivity index (χ1) is 14.6. The van der Waals surface area contributed by atoms with E-state index in [1.165, 1.54) is 12.8 Å². The number of rotatable bonds is 5. The standard InChI is InChI=1S/C22H26N8/c1-2-30-13-15(11-27-30)19-10-16(17(23)12-25-19)21(24)18-4-3-5-20(28-18)29-9-8-26-22(14-29)6-7-22/h3-5,10-13,24,26H,2,6-9,14,23H2,1H3. The van der Waals surface area contributed by atoms with Crippen molar-refractivity contribution in [3.8, 4) is 11.3 Å². The highest BCUT2D eigenvalue weighted by atomic mass is 15.3. The maximum Gasteiger partial charge on any atom is 0.129 e. The molecule has 5 rings (SSSR count). The second-order valence-electron chi connectivity index (χ2n) is 8.13. The zero-order valence-corrected chi connectivity index (χ0v) is 17.1. The van der Waals surface area contributed by atoms with Gasteiger partial charge in [0.25, 0.3) is 0 Å². The van der Waals surface area contributed by atoms with Gasteiger partial charge in [0.05, 0.1) is 35.2 Å². The van der Waals surface area contributed by atoms with Gasteiger partial charge in [-0.25, -0.2) is 4.98 Å². The summed E-state index contributed by atoms with van der Waals surface area (Å²) < 4.78 is 1.85. The molecule has 0 amide bonds. The zero-order chi connectivity index (χ0) is 20.7. The minimum absolute atomic E-state index is 0.275. The molecule has 2 aliphatic rings. The van der Waals surface area contributed by atoms with Crippen LogP contribution in [0.5, 0.6) is 0 Å². The number of nitrogens with two attached hydrogens (primary N) is 1. The Morgan fingerprint density at radius 2 is 2.17 bits per heavy atom. The Hall–Kier alpha value is -3.26. The maximum absolute atomic E-state index is 8.79. The lowest BCUT2D eigenvalue weighted by atomic mass is 10.0. The normalized spacial score (nSPS) is 17.3. The van der Waals surface area contributed by atoms with E-state index in [-0.39, 0.29) is 5.54 Å². The Morgan fingerprint density at radius 3 is 2.93 bits per heavy atom. The van der Waals surface area contributed by atoms with E-state index in [1.807, 2.05) is 42.1 Å². The van der Waals surface area contributed by atoms with Gasteiger partial charge in [-0.3, -0.25) is 15.1 Å². The summed E-state index contributed by atoms with van der Waals surface area (Å²) in [6, 6.07) is 7.72. The van der Waals surface area contributed by atoms with Crippen molar-refractivity contribution in [2.24, 2.45) is 0 Å². The summed E-state index contributed by atoms with van der Waals surface area (Å²) in [6.45, 7) is 5.70. The molecule has 4 N–H and O–H groups in total. The molecule has 1 aliphatic heterocycles. The highest BCUT2D eigenvalue weighted by Gasteiger charge is 2.45. The average Bonchev–Trinajstić information content (AvgIpc) is 3.34. The minimum atomic E-state index is 0.275. The topological polar surface area (TPSA) is 109 Å². The van der Waals surface area contributed by atoms with E-state index in [4.69, 9.17) is 16.1 Å². The van der Waals surface area contributed by atoms with Crippen molar-refractivity contribution in [1.82, 2.24) is 25.1 Å². The van der Waals surface area contributed by atoms with E-state index < -0.39 is 0 Å². The first-order valence-electron chi connectivity index (χ1n) is 10.4. The van der Waals surface area contributed by atoms with Gasteiger partial charge in [-0.05, 0) is 38.0 Å². The van der Waals surface area contributed by atoms with Gasteiger partial charge in [0.2, 0.25) is 0 Å². The molecule has 1 spiro atoms. The maximum atomic E-state index is 8.79. The Balaban J connectivity index is 1.44. The molecule has 8 nitrogen and oxygen atoms in total. The number of nitrogens with zero attached hydrogens (tertiary/aromatic N) is 5. The fourth-order valence-corrected chi connectivity index (χ4v) is 4.02. The molecule has 1 aliphatic carbocycles. The lowest BCUT2D eigenvalue weighted by molar-refractivity contribution is 0.440. The molecule has 2 fully saturated rings. The molecule has 0 bridgehead atoms. The molecule has 4 heterocycles. The lowest BCUT2D eigenvalue weighted by Gasteiger charge is -2.35. The molecular formula is C22H26N8. The van der Waals surface area contributed by atoms with Crippen LogP contribution in [0.15, 0.2) is 42.9 Å². The SMILES string of the molecule is CCn1cc(-c2cc(C(=N)c3cccc(N4CCNC5(CC5)C4)n3)c(N)cn2)cn1. The number of hydrogen-bond acceptors (Lipinski definition) is 7. The summed E-state index contributed by atoms with van der Waals surface area (Å²) in [7, 11) is 0. The number of nitrogen functional groups attached to an aromatic ring is 1. The van der Waals surface area contributed by atoms with E-state index in [9.17, 15) is 0 Å². The van der Waals surface area contributed by atoms with Crippen molar-refractivity contribution in [3.05, 3.63) is 54.1 Å². The Labute approximate surface area is 175 Å². The van der Waals surface area contributed by atoms with Gasteiger partial charge in [0, 0.05) is 49.0 Å². The predicted octanol–water partition coefficient (Wildman–Crippen LogP) is 2.30. The van der Waals surface area contributed by atoms with E-state index in [0.29, 0.717) is 22.7 Å². The van der Waals surface area contributed by atoms with E-state index in [2.05, 4.69) is 20.3 Å². The Kier molecular flexibility index (Phi) is 4.51. The molecule has 1 saturated heterocycles. The van der Waals surface area contributed by atoms with E-state index >= 15 is 0 Å². The van der Waals surface area contributed by atoms with Crippen molar-refractivity contribution in [2.45, 2.75) is 31.8 Å². The molecular weight excluding hydrogens is 376 g/mol. The number of piperazine rings is 1. The van der Waals surface area contributed by atoms with Crippen molar-refractivity contribution in [3.63, 3.8) is 0 Å². The van der Waals surface area contributed by atoms with Crippen molar-refractivity contribution in [2.75, 3.05) is 30.3 Å². The molecule has 154 valence electrons. The molecule has 30 heavy (non-hydrogen) atoms. The fourth-order valence-electron chi connectivity index (χ4n) is 4.02. The third-order valence-corrected chi connectivity index (χ3v) is 6.00. The van der Waals surface area contributed by atoms with Crippen molar-refractivity contribution < 1.29 is 0 Å². The third kappa shape index (κ3) is 3.43. The first kappa shape index (κ1) is 18.7. The number of pyridine rings is 2. The van der Waals surface area contributed by atoms with Gasteiger partial charge in [0.1, 0.15) is 5.82 Å². The number of anilines is 2. The van der Waals surface area contributed by atoms with Crippen LogP contribution in [0.4, 0.5) is 11.5 Å². The van der Waals surface area contributed by atoms with Crippen LogP contribution in [0.1, 0.15) is 31.0 Å². The predicted molar refractivity (Wildman–Crippen MR) is 118 cm³/mol. The van der Waals surface area contributed by atoms with Crippen LogP contribution in [-0.4, -0.2) is 50.6 Å². The van der Waals surface area contributed by atoms with Gasteiger partial charge < -0.3 is 16.0 Å². The van der Waals surface area contributed by atoms with Crippen molar-refractivity contribution >= 4 is 17.2 Å². The van der Waals surface area contributed by atoms with Gasteiger partial charge in [-0.2, -0.15) is 5.10 Å². The van der Waals surface area contributed by atoms with Crippen LogP contribution in [-0.2, 0) is 6.54 Å². The van der Waals surface area contributed by atoms with E-state index in [1.54, 1.807) is 12.4 Å². The second-order valence-corrected chi connectivity index (χ2v) is 8.13. The van der Waals surface area contributed by atoms with Crippen LogP contribution in [0.2, 0.25) is 0 Å². The van der Waals surface area contributed by atoms with Crippen LogP contribution >= 0.6 is 0 Å². The zero-order valence-electron chi connectivity index (χ0n) is 17.1. The summed E-state index contributed by atoms with van der Waals surface area (Å²) in [5.41, 5.74) is 10.1. The quantitative estimate of drug-likeness (QED) is 0.565. The minimum Gasteiger partial charge on any atom is -0.397 e. The highest BCUT2D eigenvalue weighted by Crippen LogP contribution is 2.38. The Bertz CT molecular complexity index is 1100. The van der Waals surface area contributed by atoms with Gasteiger partial charge in [0.15, 0.2) is 0 Å². The summed E-state index contributed by atoms with van der Waals surface area (Å²) in [6.07, 6.45) is 7.79.